The van der Waals surface area contributed by atoms with Crippen molar-refractivity contribution < 1.29 is 4.79 Å². The zero-order valence-corrected chi connectivity index (χ0v) is 14.8. The van der Waals surface area contributed by atoms with Crippen LogP contribution in [-0.4, -0.2) is 46.3 Å². The molecular weight excluding hydrogens is 311 g/mol. The van der Waals surface area contributed by atoms with Gasteiger partial charge in [-0.1, -0.05) is 0 Å². The van der Waals surface area contributed by atoms with Gasteiger partial charge in [0, 0.05) is 44.8 Å². The van der Waals surface area contributed by atoms with Gasteiger partial charge in [0.25, 0.3) is 0 Å². The number of aryl methyl sites for hydroxylation is 2. The third-order valence-corrected chi connectivity index (χ3v) is 4.07. The van der Waals surface area contributed by atoms with E-state index in [1.54, 1.807) is 0 Å². The van der Waals surface area contributed by atoms with Crippen LogP contribution in [0.25, 0.3) is 0 Å². The third kappa shape index (κ3) is 4.59. The fraction of sp³-hybridized carbons (Fsp3) is 0.714. The Bertz CT molecular complexity index is 476. The molecule has 7 heteroatoms. The van der Waals surface area contributed by atoms with Crippen LogP contribution in [0.3, 0.4) is 0 Å². The van der Waals surface area contributed by atoms with Gasteiger partial charge in [-0.2, -0.15) is 5.10 Å². The Morgan fingerprint density at radius 2 is 2.05 bits per heavy atom. The van der Waals surface area contributed by atoms with Crippen molar-refractivity contribution in [3.63, 3.8) is 0 Å². The number of aromatic nitrogens is 2. The summed E-state index contributed by atoms with van der Waals surface area (Å²) in [5.74, 6) is 0.261. The van der Waals surface area contributed by atoms with Crippen molar-refractivity contribution in [2.45, 2.75) is 39.7 Å². The van der Waals surface area contributed by atoms with Crippen LogP contribution in [-0.2, 0) is 18.3 Å². The lowest BCUT2D eigenvalue weighted by Crippen LogP contribution is -2.52. The van der Waals surface area contributed by atoms with Gasteiger partial charge < -0.3 is 10.2 Å². The van der Waals surface area contributed by atoms with Gasteiger partial charge in [-0.25, -0.2) is 0 Å². The van der Waals surface area contributed by atoms with Gasteiger partial charge in [-0.05, 0) is 32.8 Å². The van der Waals surface area contributed by atoms with Crippen molar-refractivity contribution >= 4 is 30.7 Å². The van der Waals surface area contributed by atoms with Crippen molar-refractivity contribution in [3.05, 3.63) is 17.0 Å². The number of nitrogens with one attached hydrogen (secondary N) is 1. The smallest absolute Gasteiger partial charge is 0.223 e. The van der Waals surface area contributed by atoms with E-state index < -0.39 is 0 Å². The summed E-state index contributed by atoms with van der Waals surface area (Å²) in [5, 5.41) is 7.71. The first-order valence-corrected chi connectivity index (χ1v) is 7.00. The molecule has 1 aromatic heterocycles. The van der Waals surface area contributed by atoms with Gasteiger partial charge in [0.1, 0.15) is 0 Å². The first-order chi connectivity index (χ1) is 9.00. The molecule has 1 amide bonds. The molecule has 0 unspecified atom stereocenters. The normalized spacial score (nSPS) is 17.9. The molecule has 1 fully saturated rings. The summed E-state index contributed by atoms with van der Waals surface area (Å²) in [4.78, 5) is 14.3. The van der Waals surface area contributed by atoms with Crippen LogP contribution in [0.5, 0.6) is 0 Å². The highest BCUT2D eigenvalue weighted by Crippen LogP contribution is 2.15. The lowest BCUT2D eigenvalue weighted by atomic mass is 10.1. The average Bonchev–Trinajstić information content (AvgIpc) is 2.61. The molecule has 1 atom stereocenters. The van der Waals surface area contributed by atoms with Crippen molar-refractivity contribution in [2.24, 2.45) is 7.05 Å². The SMILES string of the molecule is Cc1nn(C)c(C)c1CCC(=O)N1CCNC[C@@H]1C.Cl.Cl. The van der Waals surface area contributed by atoms with Crippen molar-refractivity contribution in [3.8, 4) is 0 Å². The number of halogens is 2. The number of hydrogen-bond acceptors (Lipinski definition) is 3. The van der Waals surface area contributed by atoms with Crippen LogP contribution in [0, 0.1) is 13.8 Å². The molecule has 1 saturated heterocycles. The van der Waals surface area contributed by atoms with Gasteiger partial charge in [-0.15, -0.1) is 24.8 Å². The number of amides is 1. The van der Waals surface area contributed by atoms with E-state index in [0.717, 1.165) is 31.7 Å². The van der Waals surface area contributed by atoms with Gasteiger partial charge in [0.05, 0.1) is 5.69 Å². The van der Waals surface area contributed by atoms with Crippen LogP contribution < -0.4 is 5.32 Å². The molecule has 5 nitrogen and oxygen atoms in total. The fourth-order valence-electron chi connectivity index (χ4n) is 2.77. The molecule has 0 aromatic carbocycles. The molecule has 0 spiro atoms. The average molecular weight is 337 g/mol. The van der Waals surface area contributed by atoms with E-state index in [1.807, 2.05) is 23.6 Å². The summed E-state index contributed by atoms with van der Waals surface area (Å²) in [6, 6.07) is 0.303. The Balaban J connectivity index is 0.00000200. The third-order valence-electron chi connectivity index (χ3n) is 4.07. The van der Waals surface area contributed by atoms with E-state index in [9.17, 15) is 4.79 Å². The molecule has 0 saturated carbocycles. The standard InChI is InChI=1S/C14H24N4O.2ClH/c1-10-9-15-7-8-18(10)14(19)6-5-13-11(2)16-17(4)12(13)3;;/h10,15H,5-9H2,1-4H3;2*1H/t10-;;/m0../s1. The minimum absolute atomic E-state index is 0. The van der Waals surface area contributed by atoms with Gasteiger partial charge in [0.15, 0.2) is 0 Å². The highest BCUT2D eigenvalue weighted by Gasteiger charge is 2.23. The quantitative estimate of drug-likeness (QED) is 0.912. The van der Waals surface area contributed by atoms with E-state index in [-0.39, 0.29) is 30.7 Å². The number of nitrogens with zero attached hydrogens (tertiary/aromatic N) is 3. The molecule has 1 aliphatic rings. The summed E-state index contributed by atoms with van der Waals surface area (Å²) in [7, 11) is 1.95. The zero-order chi connectivity index (χ0) is 14.0. The number of hydrogen-bond donors (Lipinski definition) is 1. The number of piperazine rings is 1. The molecule has 21 heavy (non-hydrogen) atoms. The Labute approximate surface area is 139 Å². The highest BCUT2D eigenvalue weighted by atomic mass is 35.5. The maximum absolute atomic E-state index is 12.3. The van der Waals surface area contributed by atoms with Gasteiger partial charge in [0.2, 0.25) is 5.91 Å². The van der Waals surface area contributed by atoms with Crippen LogP contribution in [0.2, 0.25) is 0 Å². The molecular formula is C14H26Cl2N4O. The Hall–Kier alpha value is -0.780. The first kappa shape index (κ1) is 20.2. The molecule has 0 bridgehead atoms. The molecule has 0 radical (unpaired) electrons. The molecule has 2 rings (SSSR count). The zero-order valence-electron chi connectivity index (χ0n) is 13.2. The van der Waals surface area contributed by atoms with E-state index >= 15 is 0 Å². The topological polar surface area (TPSA) is 50.2 Å². The molecule has 1 aliphatic heterocycles. The highest BCUT2D eigenvalue weighted by molar-refractivity contribution is 5.85. The number of carbonyl (C=O) groups is 1. The molecule has 2 heterocycles. The second-order valence-electron chi connectivity index (χ2n) is 5.41. The predicted molar refractivity (Wildman–Crippen MR) is 89.5 cm³/mol. The fourth-order valence-corrected chi connectivity index (χ4v) is 2.77. The second-order valence-corrected chi connectivity index (χ2v) is 5.41. The van der Waals surface area contributed by atoms with E-state index in [0.29, 0.717) is 12.5 Å². The van der Waals surface area contributed by atoms with Crippen LogP contribution in [0.4, 0.5) is 0 Å². The van der Waals surface area contributed by atoms with Crippen molar-refractivity contribution in [1.82, 2.24) is 20.0 Å². The first-order valence-electron chi connectivity index (χ1n) is 7.00. The molecule has 0 aliphatic carbocycles. The minimum Gasteiger partial charge on any atom is -0.337 e. The van der Waals surface area contributed by atoms with Crippen LogP contribution in [0.15, 0.2) is 0 Å². The second kappa shape index (κ2) is 8.61. The van der Waals surface area contributed by atoms with Gasteiger partial charge in [-0.3, -0.25) is 9.48 Å². The van der Waals surface area contributed by atoms with Gasteiger partial charge >= 0.3 is 0 Å². The summed E-state index contributed by atoms with van der Waals surface area (Å²) in [5.41, 5.74) is 3.43. The van der Waals surface area contributed by atoms with Crippen LogP contribution >= 0.6 is 24.8 Å². The molecule has 1 aromatic rings. The summed E-state index contributed by atoms with van der Waals surface area (Å²) in [6.07, 6.45) is 1.37. The minimum atomic E-state index is 0. The molecule has 1 N–H and O–H groups in total. The lowest BCUT2D eigenvalue weighted by Gasteiger charge is -2.34. The van der Waals surface area contributed by atoms with E-state index in [1.165, 1.54) is 11.3 Å². The maximum atomic E-state index is 12.3. The summed E-state index contributed by atoms with van der Waals surface area (Å²) >= 11 is 0. The largest absolute Gasteiger partial charge is 0.337 e. The number of rotatable bonds is 3. The van der Waals surface area contributed by atoms with Crippen LogP contribution in [0.1, 0.15) is 30.3 Å². The lowest BCUT2D eigenvalue weighted by molar-refractivity contribution is -0.133. The Morgan fingerprint density at radius 3 is 2.57 bits per heavy atom. The van der Waals surface area contributed by atoms with E-state index in [4.69, 9.17) is 0 Å². The maximum Gasteiger partial charge on any atom is 0.223 e. The van der Waals surface area contributed by atoms with Crippen molar-refractivity contribution in [2.75, 3.05) is 19.6 Å². The summed E-state index contributed by atoms with van der Waals surface area (Å²) in [6.45, 7) is 8.81. The molecule has 122 valence electrons. The number of carbonyl (C=O) groups excluding carboxylic acids is 1. The monoisotopic (exact) mass is 336 g/mol. The Morgan fingerprint density at radius 1 is 1.38 bits per heavy atom. The van der Waals surface area contributed by atoms with Crippen molar-refractivity contribution in [1.29, 1.82) is 0 Å². The Kier molecular flexibility index (Phi) is 8.29. The van der Waals surface area contributed by atoms with E-state index in [2.05, 4.69) is 24.3 Å². The summed E-state index contributed by atoms with van der Waals surface area (Å²) < 4.78 is 1.89. The predicted octanol–water partition coefficient (Wildman–Crippen LogP) is 1.63.